The van der Waals surface area contributed by atoms with Crippen LogP contribution in [0.2, 0.25) is 0 Å². The molecule has 4 heteroatoms. The van der Waals surface area contributed by atoms with E-state index in [-0.39, 0.29) is 18.9 Å². The Balaban J connectivity index is 2.44. The van der Waals surface area contributed by atoms with Crippen LogP contribution in [-0.4, -0.2) is 25.0 Å². The third kappa shape index (κ3) is 4.57. The lowest BCUT2D eigenvalue weighted by molar-refractivity contribution is -0.143. The molecule has 1 aromatic rings. The topological polar surface area (TPSA) is 55.4 Å². The van der Waals surface area contributed by atoms with Crippen LogP contribution in [0.15, 0.2) is 18.2 Å². The molecule has 0 atom stereocenters. The Morgan fingerprint density at radius 3 is 2.56 bits per heavy atom. The third-order valence-electron chi connectivity index (χ3n) is 2.67. The van der Waals surface area contributed by atoms with E-state index in [1.807, 2.05) is 32.0 Å². The summed E-state index contributed by atoms with van der Waals surface area (Å²) in [4.78, 5) is 22.7. The van der Waals surface area contributed by atoms with Crippen LogP contribution in [0.1, 0.15) is 23.6 Å². The Morgan fingerprint density at radius 1 is 1.22 bits per heavy atom. The Bertz CT molecular complexity index is 441. The second-order valence-corrected chi connectivity index (χ2v) is 4.18. The predicted octanol–water partition coefficient (Wildman–Crippen LogP) is 1.53. The van der Waals surface area contributed by atoms with Crippen LogP contribution in [0.4, 0.5) is 0 Å². The first-order valence-electron chi connectivity index (χ1n) is 6.01. The summed E-state index contributed by atoms with van der Waals surface area (Å²) < 4.78 is 4.72. The van der Waals surface area contributed by atoms with Gasteiger partial charge in [-0.3, -0.25) is 9.59 Å². The molecule has 1 rings (SSSR count). The standard InChI is InChI=1S/C14H19NO3/c1-4-18-14(17)9-15-13(16)8-12-6-5-10(2)11(3)7-12/h5-7H,4,8-9H2,1-3H3,(H,15,16). The highest BCUT2D eigenvalue weighted by Gasteiger charge is 2.07. The molecule has 0 saturated heterocycles. The van der Waals surface area contributed by atoms with Gasteiger partial charge < -0.3 is 10.1 Å². The molecule has 0 heterocycles. The molecule has 1 aromatic carbocycles. The molecular formula is C14H19NO3. The molecule has 0 unspecified atom stereocenters. The van der Waals surface area contributed by atoms with Gasteiger partial charge in [-0.1, -0.05) is 18.2 Å². The first-order valence-corrected chi connectivity index (χ1v) is 6.01. The van der Waals surface area contributed by atoms with Gasteiger partial charge in [0, 0.05) is 0 Å². The second kappa shape index (κ2) is 6.79. The molecule has 0 radical (unpaired) electrons. The van der Waals surface area contributed by atoms with Crippen molar-refractivity contribution in [3.05, 3.63) is 34.9 Å². The van der Waals surface area contributed by atoms with E-state index in [2.05, 4.69) is 5.32 Å². The third-order valence-corrected chi connectivity index (χ3v) is 2.67. The van der Waals surface area contributed by atoms with Crippen molar-refractivity contribution in [1.29, 1.82) is 0 Å². The van der Waals surface area contributed by atoms with Crippen molar-refractivity contribution < 1.29 is 14.3 Å². The lowest BCUT2D eigenvalue weighted by Gasteiger charge is -2.06. The number of benzene rings is 1. The highest BCUT2D eigenvalue weighted by Crippen LogP contribution is 2.10. The van der Waals surface area contributed by atoms with E-state index < -0.39 is 5.97 Å². The smallest absolute Gasteiger partial charge is 0.325 e. The number of aryl methyl sites for hydroxylation is 2. The molecule has 0 saturated carbocycles. The zero-order chi connectivity index (χ0) is 13.5. The molecule has 98 valence electrons. The largest absolute Gasteiger partial charge is 0.465 e. The van der Waals surface area contributed by atoms with Crippen LogP contribution in [0.5, 0.6) is 0 Å². The maximum absolute atomic E-state index is 11.6. The summed E-state index contributed by atoms with van der Waals surface area (Å²) in [6.07, 6.45) is 0.278. The van der Waals surface area contributed by atoms with Crippen LogP contribution < -0.4 is 5.32 Å². The van der Waals surface area contributed by atoms with Crippen molar-refractivity contribution in [2.75, 3.05) is 13.2 Å². The zero-order valence-electron chi connectivity index (χ0n) is 11.1. The Labute approximate surface area is 107 Å². The van der Waals surface area contributed by atoms with Gasteiger partial charge in [-0.15, -0.1) is 0 Å². The van der Waals surface area contributed by atoms with Crippen LogP contribution in [0.25, 0.3) is 0 Å². The molecular weight excluding hydrogens is 230 g/mol. The number of esters is 1. The molecule has 1 N–H and O–H groups in total. The first-order chi connectivity index (χ1) is 8.52. The minimum atomic E-state index is -0.411. The summed E-state index contributed by atoms with van der Waals surface area (Å²) in [6, 6.07) is 5.90. The average Bonchev–Trinajstić information content (AvgIpc) is 2.32. The molecule has 0 fully saturated rings. The number of nitrogens with one attached hydrogen (secondary N) is 1. The van der Waals surface area contributed by atoms with Crippen molar-refractivity contribution in [2.45, 2.75) is 27.2 Å². The van der Waals surface area contributed by atoms with Gasteiger partial charge in [-0.25, -0.2) is 0 Å². The van der Waals surface area contributed by atoms with Crippen LogP contribution in [0, 0.1) is 13.8 Å². The molecule has 0 bridgehead atoms. The summed E-state index contributed by atoms with van der Waals surface area (Å²) >= 11 is 0. The number of ether oxygens (including phenoxy) is 1. The van der Waals surface area contributed by atoms with Crippen molar-refractivity contribution in [3.63, 3.8) is 0 Å². The molecule has 0 aliphatic rings. The summed E-state index contributed by atoms with van der Waals surface area (Å²) in [5.41, 5.74) is 3.30. The summed E-state index contributed by atoms with van der Waals surface area (Å²) in [7, 11) is 0. The Morgan fingerprint density at radius 2 is 1.94 bits per heavy atom. The normalized spacial score (nSPS) is 9.94. The van der Waals surface area contributed by atoms with Gasteiger partial charge in [0.2, 0.25) is 5.91 Å². The van der Waals surface area contributed by atoms with Crippen molar-refractivity contribution in [2.24, 2.45) is 0 Å². The van der Waals surface area contributed by atoms with Crippen molar-refractivity contribution in [1.82, 2.24) is 5.32 Å². The molecule has 0 aliphatic carbocycles. The molecule has 0 spiro atoms. The van der Waals surface area contributed by atoms with Gasteiger partial charge in [0.05, 0.1) is 13.0 Å². The first kappa shape index (κ1) is 14.2. The predicted molar refractivity (Wildman–Crippen MR) is 69.3 cm³/mol. The van der Waals surface area contributed by atoms with E-state index in [1.54, 1.807) is 6.92 Å². The number of carbonyl (C=O) groups excluding carboxylic acids is 2. The van der Waals surface area contributed by atoms with E-state index in [0.717, 1.165) is 11.1 Å². The minimum Gasteiger partial charge on any atom is -0.465 e. The SMILES string of the molecule is CCOC(=O)CNC(=O)Cc1ccc(C)c(C)c1. The fourth-order valence-electron chi connectivity index (χ4n) is 1.54. The molecule has 0 aromatic heterocycles. The second-order valence-electron chi connectivity index (χ2n) is 4.18. The molecule has 18 heavy (non-hydrogen) atoms. The van der Waals surface area contributed by atoms with Gasteiger partial charge in [0.15, 0.2) is 0 Å². The van der Waals surface area contributed by atoms with Crippen LogP contribution in [-0.2, 0) is 20.7 Å². The number of carbonyl (C=O) groups is 2. The van der Waals surface area contributed by atoms with Crippen molar-refractivity contribution >= 4 is 11.9 Å². The summed E-state index contributed by atoms with van der Waals surface area (Å²) in [6.45, 7) is 6.02. The number of hydrogen-bond acceptors (Lipinski definition) is 3. The number of rotatable bonds is 5. The van der Waals surface area contributed by atoms with Gasteiger partial charge in [-0.05, 0) is 37.5 Å². The van der Waals surface area contributed by atoms with Gasteiger partial charge in [0.1, 0.15) is 6.54 Å². The van der Waals surface area contributed by atoms with Gasteiger partial charge in [0.25, 0.3) is 0 Å². The quantitative estimate of drug-likeness (QED) is 0.805. The minimum absolute atomic E-state index is 0.0719. The summed E-state index contributed by atoms with van der Waals surface area (Å²) in [5.74, 6) is -0.586. The fraction of sp³-hybridized carbons (Fsp3) is 0.429. The monoisotopic (exact) mass is 249 g/mol. The van der Waals surface area contributed by atoms with Crippen LogP contribution >= 0.6 is 0 Å². The van der Waals surface area contributed by atoms with E-state index in [9.17, 15) is 9.59 Å². The maximum atomic E-state index is 11.6. The lowest BCUT2D eigenvalue weighted by Crippen LogP contribution is -2.31. The molecule has 4 nitrogen and oxygen atoms in total. The van der Waals surface area contributed by atoms with Crippen LogP contribution in [0.3, 0.4) is 0 Å². The van der Waals surface area contributed by atoms with E-state index in [4.69, 9.17) is 4.74 Å². The van der Waals surface area contributed by atoms with Gasteiger partial charge in [-0.2, -0.15) is 0 Å². The Kier molecular flexibility index (Phi) is 5.36. The van der Waals surface area contributed by atoms with E-state index in [1.165, 1.54) is 5.56 Å². The highest BCUT2D eigenvalue weighted by molar-refractivity contribution is 5.83. The van der Waals surface area contributed by atoms with Crippen molar-refractivity contribution in [3.8, 4) is 0 Å². The lowest BCUT2D eigenvalue weighted by atomic mass is 10.0. The summed E-state index contributed by atoms with van der Waals surface area (Å²) in [5, 5.41) is 2.54. The Hall–Kier alpha value is -1.84. The highest BCUT2D eigenvalue weighted by atomic mass is 16.5. The average molecular weight is 249 g/mol. The molecule has 1 amide bonds. The molecule has 0 aliphatic heterocycles. The van der Waals surface area contributed by atoms with E-state index >= 15 is 0 Å². The zero-order valence-corrected chi connectivity index (χ0v) is 11.1. The van der Waals surface area contributed by atoms with E-state index in [0.29, 0.717) is 6.61 Å². The maximum Gasteiger partial charge on any atom is 0.325 e. The number of amides is 1. The number of hydrogen-bond donors (Lipinski definition) is 1. The van der Waals surface area contributed by atoms with Gasteiger partial charge >= 0.3 is 5.97 Å². The fourth-order valence-corrected chi connectivity index (χ4v) is 1.54.